The molecule has 1 aliphatic carbocycles. The lowest BCUT2D eigenvalue weighted by molar-refractivity contribution is -0.122. The molecule has 7 heteroatoms. The lowest BCUT2D eigenvalue weighted by Crippen LogP contribution is -2.42. The lowest BCUT2D eigenvalue weighted by atomic mass is 9.69. The monoisotopic (exact) mass is 471 g/mol. The number of carbonyl (C=O) groups is 2. The van der Waals surface area contributed by atoms with E-state index < -0.39 is 0 Å². The van der Waals surface area contributed by atoms with E-state index in [1.54, 1.807) is 31.4 Å². The quantitative estimate of drug-likeness (QED) is 0.513. The number of ether oxygens (including phenoxy) is 2. The Hall–Kier alpha value is -2.38. The highest BCUT2D eigenvalue weighted by molar-refractivity contribution is 5.94. The molecule has 0 spiro atoms. The van der Waals surface area contributed by atoms with Crippen LogP contribution in [0.3, 0.4) is 0 Å². The summed E-state index contributed by atoms with van der Waals surface area (Å²) in [6.45, 7) is 12.2. The van der Waals surface area contributed by atoms with Gasteiger partial charge in [0, 0.05) is 44.7 Å². The number of rotatable bonds is 10. The predicted molar refractivity (Wildman–Crippen MR) is 134 cm³/mol. The maximum atomic E-state index is 12.6. The van der Waals surface area contributed by atoms with Crippen LogP contribution in [0, 0.1) is 23.7 Å². The molecule has 34 heavy (non-hydrogen) atoms. The third kappa shape index (κ3) is 7.57. The van der Waals surface area contributed by atoms with Crippen LogP contribution >= 0.6 is 0 Å². The van der Waals surface area contributed by atoms with Gasteiger partial charge in [0.25, 0.3) is 5.91 Å². The number of hydrogen-bond donors (Lipinski definition) is 2. The molecule has 1 aliphatic heterocycles. The summed E-state index contributed by atoms with van der Waals surface area (Å²) < 4.78 is 10.5. The molecule has 2 aliphatic rings. The topological polar surface area (TPSA) is 79.9 Å². The summed E-state index contributed by atoms with van der Waals surface area (Å²) in [7, 11) is 1.61. The molecule has 0 aromatic heterocycles. The number of benzene rings is 1. The number of morpholine rings is 1. The van der Waals surface area contributed by atoms with Gasteiger partial charge in [0.15, 0.2) is 0 Å². The summed E-state index contributed by atoms with van der Waals surface area (Å²) in [5, 5.41) is 6.21. The number of hydrogen-bond acceptors (Lipinski definition) is 5. The predicted octanol–water partition coefficient (Wildman–Crippen LogP) is 3.12. The van der Waals surface area contributed by atoms with Gasteiger partial charge in [0.05, 0.1) is 20.3 Å². The fourth-order valence-corrected chi connectivity index (χ4v) is 5.04. The van der Waals surface area contributed by atoms with E-state index in [2.05, 4.69) is 42.4 Å². The Morgan fingerprint density at radius 1 is 1.15 bits per heavy atom. The summed E-state index contributed by atoms with van der Waals surface area (Å²) >= 11 is 0. The highest BCUT2D eigenvalue weighted by Gasteiger charge is 2.32. The van der Waals surface area contributed by atoms with Crippen molar-refractivity contribution < 1.29 is 19.1 Å². The third-order valence-corrected chi connectivity index (χ3v) is 7.22. The molecule has 1 fully saturated rings. The maximum absolute atomic E-state index is 12.6. The van der Waals surface area contributed by atoms with Crippen molar-refractivity contribution in [3.05, 3.63) is 41.5 Å². The van der Waals surface area contributed by atoms with Gasteiger partial charge in [-0.1, -0.05) is 25.5 Å². The first-order valence-electron chi connectivity index (χ1n) is 12.5. The van der Waals surface area contributed by atoms with Gasteiger partial charge >= 0.3 is 0 Å². The highest BCUT2D eigenvalue weighted by Crippen LogP contribution is 2.38. The van der Waals surface area contributed by atoms with Crippen LogP contribution in [0.5, 0.6) is 5.75 Å². The number of nitrogens with zero attached hydrogens (tertiary/aromatic N) is 1. The average molecular weight is 472 g/mol. The van der Waals surface area contributed by atoms with E-state index in [1.165, 1.54) is 5.57 Å². The Morgan fingerprint density at radius 3 is 2.50 bits per heavy atom. The van der Waals surface area contributed by atoms with Crippen LogP contribution in [0.15, 0.2) is 35.9 Å². The fraction of sp³-hybridized carbons (Fsp3) is 0.630. The number of nitrogens with one attached hydrogen (secondary N) is 2. The number of methoxy groups -OCH3 is 1. The molecule has 3 unspecified atom stereocenters. The van der Waals surface area contributed by atoms with E-state index in [0.29, 0.717) is 36.9 Å². The van der Waals surface area contributed by atoms with Crippen LogP contribution in [0.2, 0.25) is 0 Å². The molecule has 188 valence electrons. The van der Waals surface area contributed by atoms with Crippen molar-refractivity contribution in [2.75, 3.05) is 53.0 Å². The molecule has 1 aromatic carbocycles. The molecule has 0 radical (unpaired) electrons. The zero-order valence-electron chi connectivity index (χ0n) is 21.1. The standard InChI is InChI=1S/C27H41N3O4/c1-19(2)25-16-22(17-26(31)28-9-10-30-11-13-34-14-12-30)20(3)15-23(25)18-29-27(32)21-5-7-24(33-4)8-6-21/h5-8,15,19,22-23,25H,9-14,16-18H2,1-4H3,(H,28,31)(H,29,32). The van der Waals surface area contributed by atoms with Crippen LogP contribution in [-0.4, -0.2) is 69.8 Å². The Balaban J connectivity index is 1.50. The van der Waals surface area contributed by atoms with Crippen molar-refractivity contribution in [3.8, 4) is 5.75 Å². The Kier molecular flexibility index (Phi) is 9.96. The minimum atomic E-state index is -0.0713. The van der Waals surface area contributed by atoms with Gasteiger partial charge in [0.2, 0.25) is 5.91 Å². The molecular weight excluding hydrogens is 430 g/mol. The van der Waals surface area contributed by atoms with E-state index >= 15 is 0 Å². The van der Waals surface area contributed by atoms with Crippen LogP contribution in [0.4, 0.5) is 0 Å². The molecule has 7 nitrogen and oxygen atoms in total. The Labute approximate surface area is 204 Å². The molecule has 1 aromatic rings. The number of carbonyl (C=O) groups excluding carboxylic acids is 2. The third-order valence-electron chi connectivity index (χ3n) is 7.22. The Morgan fingerprint density at radius 2 is 1.85 bits per heavy atom. The Bertz CT molecular complexity index is 831. The SMILES string of the molecule is COc1ccc(C(=O)NCC2C=C(C)C(CC(=O)NCCN3CCOCC3)CC2C(C)C)cc1. The number of amides is 2. The minimum absolute atomic E-state index is 0.0713. The largest absolute Gasteiger partial charge is 0.497 e. The van der Waals surface area contributed by atoms with Crippen molar-refractivity contribution in [3.63, 3.8) is 0 Å². The number of allylic oxidation sites excluding steroid dienone is 1. The average Bonchev–Trinajstić information content (AvgIpc) is 2.84. The van der Waals surface area contributed by atoms with Crippen molar-refractivity contribution in [1.29, 1.82) is 0 Å². The molecule has 3 atom stereocenters. The van der Waals surface area contributed by atoms with Gasteiger partial charge in [-0.3, -0.25) is 14.5 Å². The molecule has 0 bridgehead atoms. The van der Waals surface area contributed by atoms with E-state index in [4.69, 9.17) is 9.47 Å². The van der Waals surface area contributed by atoms with Gasteiger partial charge in [-0.05, 0) is 61.3 Å². The van der Waals surface area contributed by atoms with Crippen molar-refractivity contribution in [2.45, 2.75) is 33.6 Å². The fourth-order valence-electron chi connectivity index (χ4n) is 5.04. The van der Waals surface area contributed by atoms with E-state index in [-0.39, 0.29) is 23.7 Å². The summed E-state index contributed by atoms with van der Waals surface area (Å²) in [6, 6.07) is 7.16. The van der Waals surface area contributed by atoms with Gasteiger partial charge in [0.1, 0.15) is 5.75 Å². The smallest absolute Gasteiger partial charge is 0.251 e. The first-order chi connectivity index (χ1) is 16.4. The highest BCUT2D eigenvalue weighted by atomic mass is 16.5. The first-order valence-corrected chi connectivity index (χ1v) is 12.5. The first kappa shape index (κ1) is 26.2. The van der Waals surface area contributed by atoms with Gasteiger partial charge in [-0.25, -0.2) is 0 Å². The van der Waals surface area contributed by atoms with E-state index in [1.807, 2.05) is 0 Å². The van der Waals surface area contributed by atoms with Crippen LogP contribution < -0.4 is 15.4 Å². The van der Waals surface area contributed by atoms with Crippen LogP contribution in [0.25, 0.3) is 0 Å². The van der Waals surface area contributed by atoms with Crippen LogP contribution in [0.1, 0.15) is 44.0 Å². The summed E-state index contributed by atoms with van der Waals surface area (Å²) in [5.41, 5.74) is 1.88. The molecule has 0 saturated carbocycles. The second kappa shape index (κ2) is 12.9. The van der Waals surface area contributed by atoms with E-state index in [9.17, 15) is 9.59 Å². The lowest BCUT2D eigenvalue weighted by Gasteiger charge is -2.37. The van der Waals surface area contributed by atoms with Gasteiger partial charge in [-0.15, -0.1) is 0 Å². The normalized spacial score (nSPS) is 23.3. The second-order valence-electron chi connectivity index (χ2n) is 9.86. The van der Waals surface area contributed by atoms with Gasteiger partial charge < -0.3 is 20.1 Å². The minimum Gasteiger partial charge on any atom is -0.497 e. The molecular formula is C27H41N3O4. The van der Waals surface area contributed by atoms with Gasteiger partial charge in [-0.2, -0.15) is 0 Å². The zero-order chi connectivity index (χ0) is 24.5. The van der Waals surface area contributed by atoms with Crippen molar-refractivity contribution in [1.82, 2.24) is 15.5 Å². The molecule has 1 saturated heterocycles. The van der Waals surface area contributed by atoms with Crippen molar-refractivity contribution >= 4 is 11.8 Å². The summed E-state index contributed by atoms with van der Waals surface area (Å²) in [5.74, 6) is 2.20. The summed E-state index contributed by atoms with van der Waals surface area (Å²) in [4.78, 5) is 27.6. The molecule has 1 heterocycles. The maximum Gasteiger partial charge on any atom is 0.251 e. The molecule has 3 rings (SSSR count). The van der Waals surface area contributed by atoms with E-state index in [0.717, 1.165) is 45.0 Å². The molecule has 2 N–H and O–H groups in total. The van der Waals surface area contributed by atoms with Crippen molar-refractivity contribution in [2.24, 2.45) is 23.7 Å². The van der Waals surface area contributed by atoms with Crippen LogP contribution in [-0.2, 0) is 9.53 Å². The molecule has 2 amide bonds. The summed E-state index contributed by atoms with van der Waals surface area (Å²) in [6.07, 6.45) is 3.79. The second-order valence-corrected chi connectivity index (χ2v) is 9.86. The zero-order valence-corrected chi connectivity index (χ0v) is 21.1.